The van der Waals surface area contributed by atoms with Crippen LogP contribution in [0, 0.1) is 13.8 Å². The Balaban J connectivity index is 1.83. The van der Waals surface area contributed by atoms with Crippen molar-refractivity contribution in [3.05, 3.63) is 83.9 Å². The van der Waals surface area contributed by atoms with Gasteiger partial charge in [-0.25, -0.2) is 0 Å². The first kappa shape index (κ1) is 14.2. The fourth-order valence-corrected chi connectivity index (χ4v) is 2.29. The van der Waals surface area contributed by atoms with Crippen molar-refractivity contribution in [3.63, 3.8) is 0 Å². The van der Waals surface area contributed by atoms with Crippen molar-refractivity contribution in [3.8, 4) is 0 Å². The first-order valence-corrected chi connectivity index (χ1v) is 7.47. The molecule has 0 bridgehead atoms. The van der Waals surface area contributed by atoms with Crippen molar-refractivity contribution in [2.75, 3.05) is 10.6 Å². The smallest absolute Gasteiger partial charge is 0.0623 e. The molecule has 0 fully saturated rings. The summed E-state index contributed by atoms with van der Waals surface area (Å²) in [5.41, 5.74) is 6.82. The van der Waals surface area contributed by atoms with Gasteiger partial charge in [0, 0.05) is 11.4 Å². The Morgan fingerprint density at radius 3 is 1.23 bits per heavy atom. The molecule has 0 saturated heterocycles. The second-order valence-corrected chi connectivity index (χ2v) is 5.53. The maximum absolute atomic E-state index is 3.47. The number of aryl methyl sites for hydroxylation is 2. The maximum atomic E-state index is 3.47. The van der Waals surface area contributed by atoms with Gasteiger partial charge in [-0.2, -0.15) is 0 Å². The third-order valence-corrected chi connectivity index (χ3v) is 3.59. The van der Waals surface area contributed by atoms with Gasteiger partial charge in [0.15, 0.2) is 0 Å². The minimum absolute atomic E-state index is 1.06. The lowest BCUT2D eigenvalue weighted by Gasteiger charge is -2.14. The van der Waals surface area contributed by atoms with Gasteiger partial charge < -0.3 is 10.6 Å². The summed E-state index contributed by atoms with van der Waals surface area (Å²) in [4.78, 5) is 0. The monoisotopic (exact) mass is 288 g/mol. The second kappa shape index (κ2) is 6.35. The van der Waals surface area contributed by atoms with Gasteiger partial charge in [-0.15, -0.1) is 0 Å². The van der Waals surface area contributed by atoms with Crippen molar-refractivity contribution >= 4 is 22.7 Å². The zero-order valence-electron chi connectivity index (χ0n) is 12.9. The second-order valence-electron chi connectivity index (χ2n) is 5.53. The van der Waals surface area contributed by atoms with Crippen molar-refractivity contribution in [1.82, 2.24) is 0 Å². The molecule has 0 atom stereocenters. The van der Waals surface area contributed by atoms with E-state index in [1.165, 1.54) is 11.1 Å². The summed E-state index contributed by atoms with van der Waals surface area (Å²) < 4.78 is 0. The van der Waals surface area contributed by atoms with Crippen molar-refractivity contribution in [1.29, 1.82) is 0 Å². The summed E-state index contributed by atoms with van der Waals surface area (Å²) in [6, 6.07) is 25.1. The third kappa shape index (κ3) is 3.47. The molecule has 110 valence electrons. The molecule has 3 rings (SSSR count). The van der Waals surface area contributed by atoms with Gasteiger partial charge in [0.25, 0.3) is 0 Å². The Morgan fingerprint density at radius 1 is 0.500 bits per heavy atom. The number of nitrogens with one attached hydrogen (secondary N) is 2. The zero-order valence-corrected chi connectivity index (χ0v) is 12.9. The lowest BCUT2D eigenvalue weighted by atomic mass is 10.2. The van der Waals surface area contributed by atoms with E-state index >= 15 is 0 Å². The van der Waals surface area contributed by atoms with E-state index in [1.54, 1.807) is 0 Å². The van der Waals surface area contributed by atoms with Crippen LogP contribution in [0.15, 0.2) is 72.8 Å². The van der Waals surface area contributed by atoms with E-state index < -0.39 is 0 Å². The highest BCUT2D eigenvalue weighted by Crippen LogP contribution is 2.28. The van der Waals surface area contributed by atoms with Crippen LogP contribution < -0.4 is 10.6 Å². The average Bonchev–Trinajstić information content (AvgIpc) is 2.54. The lowest BCUT2D eigenvalue weighted by Crippen LogP contribution is -1.97. The molecule has 0 aliphatic heterocycles. The van der Waals surface area contributed by atoms with E-state index in [0.29, 0.717) is 0 Å². The fourth-order valence-electron chi connectivity index (χ4n) is 2.29. The van der Waals surface area contributed by atoms with Gasteiger partial charge in [0.05, 0.1) is 11.4 Å². The molecule has 3 aromatic rings. The fraction of sp³-hybridized carbons (Fsp3) is 0.100. The quantitative estimate of drug-likeness (QED) is 0.635. The van der Waals surface area contributed by atoms with E-state index in [2.05, 4.69) is 85.1 Å². The SMILES string of the molecule is Cc1ccc(Nc2ccccc2Nc2ccc(C)cc2)cc1. The summed E-state index contributed by atoms with van der Waals surface area (Å²) in [5, 5.41) is 6.94. The van der Waals surface area contributed by atoms with Crippen molar-refractivity contribution in [2.45, 2.75) is 13.8 Å². The zero-order chi connectivity index (χ0) is 15.4. The van der Waals surface area contributed by atoms with E-state index in [4.69, 9.17) is 0 Å². The van der Waals surface area contributed by atoms with Crippen LogP contribution in [0.3, 0.4) is 0 Å². The number of hydrogen-bond acceptors (Lipinski definition) is 2. The molecule has 2 N–H and O–H groups in total. The highest BCUT2D eigenvalue weighted by molar-refractivity contribution is 5.78. The summed E-state index contributed by atoms with van der Waals surface area (Å²) in [5.74, 6) is 0. The highest BCUT2D eigenvalue weighted by Gasteiger charge is 2.02. The van der Waals surface area contributed by atoms with Gasteiger partial charge in [-0.3, -0.25) is 0 Å². The first-order chi connectivity index (χ1) is 10.7. The predicted molar refractivity (Wildman–Crippen MR) is 95.4 cm³/mol. The first-order valence-electron chi connectivity index (χ1n) is 7.47. The van der Waals surface area contributed by atoms with E-state index in [0.717, 1.165) is 22.7 Å². The summed E-state index contributed by atoms with van der Waals surface area (Å²) in [6.45, 7) is 4.19. The molecule has 0 aliphatic carbocycles. The molecule has 0 radical (unpaired) electrons. The molecule has 0 unspecified atom stereocenters. The molecule has 0 spiro atoms. The number of rotatable bonds is 4. The maximum Gasteiger partial charge on any atom is 0.0623 e. The van der Waals surface area contributed by atoms with Crippen LogP contribution in [0.2, 0.25) is 0 Å². The highest BCUT2D eigenvalue weighted by atomic mass is 15.0. The molecule has 0 saturated carbocycles. The van der Waals surface area contributed by atoms with Gasteiger partial charge in [0.1, 0.15) is 0 Å². The van der Waals surface area contributed by atoms with Crippen LogP contribution in [-0.4, -0.2) is 0 Å². The van der Waals surface area contributed by atoms with Gasteiger partial charge in [-0.05, 0) is 50.2 Å². The van der Waals surface area contributed by atoms with Gasteiger partial charge in [-0.1, -0.05) is 47.5 Å². The van der Waals surface area contributed by atoms with Crippen LogP contribution in [0.1, 0.15) is 11.1 Å². The molecule has 0 heterocycles. The van der Waals surface area contributed by atoms with Crippen LogP contribution in [-0.2, 0) is 0 Å². The Morgan fingerprint density at radius 2 is 0.864 bits per heavy atom. The number of anilines is 4. The summed E-state index contributed by atoms with van der Waals surface area (Å²) in [6.07, 6.45) is 0. The van der Waals surface area contributed by atoms with E-state index in [-0.39, 0.29) is 0 Å². The Hall–Kier alpha value is -2.74. The van der Waals surface area contributed by atoms with Crippen molar-refractivity contribution in [2.24, 2.45) is 0 Å². The minimum atomic E-state index is 1.06. The summed E-state index contributed by atoms with van der Waals surface area (Å²) >= 11 is 0. The van der Waals surface area contributed by atoms with Crippen molar-refractivity contribution < 1.29 is 0 Å². The van der Waals surface area contributed by atoms with Gasteiger partial charge >= 0.3 is 0 Å². The predicted octanol–water partition coefficient (Wildman–Crippen LogP) is 5.79. The van der Waals surface area contributed by atoms with E-state index in [1.807, 2.05) is 12.1 Å². The molecule has 2 nitrogen and oxygen atoms in total. The minimum Gasteiger partial charge on any atom is -0.354 e. The third-order valence-electron chi connectivity index (χ3n) is 3.59. The standard InChI is InChI=1S/C20H20N2/c1-15-7-11-17(12-8-15)21-19-5-3-4-6-20(19)22-18-13-9-16(2)10-14-18/h3-14,21-22H,1-2H3. The lowest BCUT2D eigenvalue weighted by molar-refractivity contribution is 1.44. The molecule has 0 aliphatic rings. The Labute approximate surface area is 131 Å². The molecule has 3 aromatic carbocycles. The molecule has 0 amide bonds. The summed E-state index contributed by atoms with van der Waals surface area (Å²) in [7, 11) is 0. The van der Waals surface area contributed by atoms with Gasteiger partial charge in [0.2, 0.25) is 0 Å². The average molecular weight is 288 g/mol. The Kier molecular flexibility index (Phi) is 4.10. The molecule has 22 heavy (non-hydrogen) atoms. The topological polar surface area (TPSA) is 24.1 Å². The number of para-hydroxylation sites is 2. The Bertz CT molecular complexity index is 677. The number of benzene rings is 3. The largest absolute Gasteiger partial charge is 0.354 e. The number of hydrogen-bond donors (Lipinski definition) is 2. The molecular formula is C20H20N2. The molecule has 0 aromatic heterocycles. The van der Waals surface area contributed by atoms with Crippen LogP contribution in [0.25, 0.3) is 0 Å². The normalized spacial score (nSPS) is 10.3. The molecular weight excluding hydrogens is 268 g/mol. The molecule has 2 heteroatoms. The van der Waals surface area contributed by atoms with Crippen LogP contribution >= 0.6 is 0 Å². The van der Waals surface area contributed by atoms with Crippen LogP contribution in [0.5, 0.6) is 0 Å². The van der Waals surface area contributed by atoms with E-state index in [9.17, 15) is 0 Å². The van der Waals surface area contributed by atoms with Crippen LogP contribution in [0.4, 0.5) is 22.7 Å².